The fourth-order valence-corrected chi connectivity index (χ4v) is 2.76. The maximum atomic E-state index is 11.7. The summed E-state index contributed by atoms with van der Waals surface area (Å²) in [6.45, 7) is 9.43. The van der Waals surface area contributed by atoms with Gasteiger partial charge < -0.3 is 0 Å². The maximum absolute atomic E-state index is 11.7. The van der Waals surface area contributed by atoms with Gasteiger partial charge in [-0.25, -0.2) is 0 Å². The summed E-state index contributed by atoms with van der Waals surface area (Å²) in [5.41, 5.74) is 0. The molecular formula is C13H24N2O. The van der Waals surface area contributed by atoms with Gasteiger partial charge in [-0.3, -0.25) is 14.6 Å². The lowest BCUT2D eigenvalue weighted by molar-refractivity contribution is -0.122. The summed E-state index contributed by atoms with van der Waals surface area (Å²) in [4.78, 5) is 16.6. The summed E-state index contributed by atoms with van der Waals surface area (Å²) in [6.07, 6.45) is 3.98. The lowest BCUT2D eigenvalue weighted by Gasteiger charge is -2.23. The monoisotopic (exact) mass is 224 g/mol. The highest BCUT2D eigenvalue weighted by Crippen LogP contribution is 2.20. The van der Waals surface area contributed by atoms with E-state index in [9.17, 15) is 4.79 Å². The van der Waals surface area contributed by atoms with Gasteiger partial charge in [0.25, 0.3) is 0 Å². The lowest BCUT2D eigenvalue weighted by atomic mass is 10.1. The van der Waals surface area contributed by atoms with E-state index in [-0.39, 0.29) is 5.92 Å². The van der Waals surface area contributed by atoms with Gasteiger partial charge in [0.2, 0.25) is 0 Å². The average molecular weight is 224 g/mol. The molecule has 0 radical (unpaired) electrons. The predicted molar refractivity (Wildman–Crippen MR) is 65.5 cm³/mol. The van der Waals surface area contributed by atoms with Gasteiger partial charge in [0.1, 0.15) is 5.78 Å². The summed E-state index contributed by atoms with van der Waals surface area (Å²) >= 11 is 0. The van der Waals surface area contributed by atoms with E-state index in [0.29, 0.717) is 12.3 Å². The van der Waals surface area contributed by atoms with E-state index in [2.05, 4.69) is 9.80 Å². The number of rotatable bonds is 4. The normalized spacial score (nSPS) is 28.1. The van der Waals surface area contributed by atoms with Gasteiger partial charge in [0.15, 0.2) is 0 Å². The summed E-state index contributed by atoms with van der Waals surface area (Å²) < 4.78 is 0. The van der Waals surface area contributed by atoms with Crippen molar-refractivity contribution in [1.29, 1.82) is 0 Å². The number of ketones is 1. The van der Waals surface area contributed by atoms with Gasteiger partial charge in [-0.15, -0.1) is 0 Å². The van der Waals surface area contributed by atoms with Crippen molar-refractivity contribution >= 4 is 5.78 Å². The quantitative estimate of drug-likeness (QED) is 0.721. The fraction of sp³-hybridized carbons (Fsp3) is 0.923. The molecule has 0 spiro atoms. The van der Waals surface area contributed by atoms with E-state index in [4.69, 9.17) is 0 Å². The van der Waals surface area contributed by atoms with Gasteiger partial charge in [-0.1, -0.05) is 13.8 Å². The molecule has 0 amide bonds. The molecule has 3 heteroatoms. The Morgan fingerprint density at radius 1 is 1.25 bits per heavy atom. The predicted octanol–water partition coefficient (Wildman–Crippen LogP) is 1.38. The van der Waals surface area contributed by atoms with Gasteiger partial charge in [-0.05, 0) is 32.4 Å². The number of carbonyl (C=O) groups excluding carboxylic acids is 1. The Morgan fingerprint density at radius 3 is 2.56 bits per heavy atom. The van der Waals surface area contributed by atoms with E-state index in [1.54, 1.807) is 0 Å². The van der Waals surface area contributed by atoms with Crippen LogP contribution in [0.5, 0.6) is 0 Å². The molecule has 0 aromatic carbocycles. The first kappa shape index (κ1) is 12.1. The smallest absolute Gasteiger partial charge is 0.149 e. The van der Waals surface area contributed by atoms with Crippen molar-refractivity contribution in [2.45, 2.75) is 39.2 Å². The van der Waals surface area contributed by atoms with Crippen LogP contribution in [0.15, 0.2) is 0 Å². The number of carbonyl (C=O) groups is 1. The van der Waals surface area contributed by atoms with Gasteiger partial charge in [0.05, 0.1) is 6.54 Å². The summed E-state index contributed by atoms with van der Waals surface area (Å²) in [5.74, 6) is 0.577. The molecule has 0 aromatic heterocycles. The minimum Gasteiger partial charge on any atom is -0.299 e. The fourth-order valence-electron chi connectivity index (χ4n) is 2.76. The van der Waals surface area contributed by atoms with Crippen LogP contribution >= 0.6 is 0 Å². The Kier molecular flexibility index (Phi) is 3.98. The minimum absolute atomic E-state index is 0.186. The Hall–Kier alpha value is -0.410. The average Bonchev–Trinajstić information content (AvgIpc) is 2.85. The van der Waals surface area contributed by atoms with E-state index in [0.717, 1.165) is 19.1 Å². The molecule has 2 aliphatic rings. The molecule has 2 fully saturated rings. The molecule has 2 heterocycles. The Morgan fingerprint density at radius 2 is 1.94 bits per heavy atom. The second kappa shape index (κ2) is 5.28. The van der Waals surface area contributed by atoms with Crippen molar-refractivity contribution < 1.29 is 4.79 Å². The highest BCUT2D eigenvalue weighted by Gasteiger charge is 2.30. The number of Topliss-reactive ketones (excluding diaryl/α,β-unsaturated/α-hetero) is 1. The maximum Gasteiger partial charge on any atom is 0.149 e. The minimum atomic E-state index is 0.186. The number of hydrogen-bond donors (Lipinski definition) is 0. The second-order valence-electron chi connectivity index (χ2n) is 5.54. The van der Waals surface area contributed by atoms with Crippen LogP contribution in [-0.4, -0.2) is 54.3 Å². The standard InChI is InChI=1S/C13H24N2O/c1-11(2)13(16)10-14-8-5-12(9-14)15-6-3-4-7-15/h11-12H,3-10H2,1-2H3. The Bertz CT molecular complexity index is 246. The highest BCUT2D eigenvalue weighted by atomic mass is 16.1. The van der Waals surface area contributed by atoms with Crippen LogP contribution in [0.2, 0.25) is 0 Å². The number of nitrogens with zero attached hydrogens (tertiary/aromatic N) is 2. The zero-order valence-electron chi connectivity index (χ0n) is 10.6. The van der Waals surface area contributed by atoms with Crippen molar-refractivity contribution in [2.24, 2.45) is 5.92 Å². The Balaban J connectivity index is 1.76. The third kappa shape index (κ3) is 2.83. The first-order chi connectivity index (χ1) is 7.66. The zero-order chi connectivity index (χ0) is 11.5. The third-order valence-corrected chi connectivity index (χ3v) is 3.93. The zero-order valence-corrected chi connectivity index (χ0v) is 10.6. The van der Waals surface area contributed by atoms with Crippen molar-refractivity contribution in [1.82, 2.24) is 9.80 Å². The summed E-state index contributed by atoms with van der Waals surface area (Å²) in [6, 6.07) is 0.725. The molecule has 16 heavy (non-hydrogen) atoms. The molecule has 1 atom stereocenters. The third-order valence-electron chi connectivity index (χ3n) is 3.93. The number of likely N-dealkylation sites (tertiary alicyclic amines) is 2. The molecule has 0 aromatic rings. The first-order valence-corrected chi connectivity index (χ1v) is 6.66. The molecule has 0 aliphatic carbocycles. The second-order valence-corrected chi connectivity index (χ2v) is 5.54. The molecule has 2 saturated heterocycles. The van der Waals surface area contributed by atoms with E-state index < -0.39 is 0 Å². The lowest BCUT2D eigenvalue weighted by Crippen LogP contribution is -2.37. The molecule has 0 bridgehead atoms. The molecule has 2 rings (SSSR count). The van der Waals surface area contributed by atoms with Crippen LogP contribution in [0.25, 0.3) is 0 Å². The van der Waals surface area contributed by atoms with Crippen LogP contribution in [0.3, 0.4) is 0 Å². The molecular weight excluding hydrogens is 200 g/mol. The largest absolute Gasteiger partial charge is 0.299 e. The van der Waals surface area contributed by atoms with Crippen molar-refractivity contribution in [3.05, 3.63) is 0 Å². The van der Waals surface area contributed by atoms with E-state index in [1.807, 2.05) is 13.8 Å². The molecule has 0 saturated carbocycles. The highest BCUT2D eigenvalue weighted by molar-refractivity contribution is 5.82. The van der Waals surface area contributed by atoms with Crippen molar-refractivity contribution in [2.75, 3.05) is 32.7 Å². The molecule has 92 valence electrons. The summed E-state index contributed by atoms with van der Waals surface area (Å²) in [5, 5.41) is 0. The summed E-state index contributed by atoms with van der Waals surface area (Å²) in [7, 11) is 0. The molecule has 1 unspecified atom stereocenters. The molecule has 0 N–H and O–H groups in total. The van der Waals surface area contributed by atoms with Gasteiger partial charge in [0, 0.05) is 25.0 Å². The molecule has 3 nitrogen and oxygen atoms in total. The van der Waals surface area contributed by atoms with Gasteiger partial charge in [-0.2, -0.15) is 0 Å². The number of hydrogen-bond acceptors (Lipinski definition) is 3. The van der Waals surface area contributed by atoms with Crippen LogP contribution in [0, 0.1) is 5.92 Å². The van der Waals surface area contributed by atoms with E-state index in [1.165, 1.54) is 32.4 Å². The van der Waals surface area contributed by atoms with Crippen LogP contribution in [-0.2, 0) is 4.79 Å². The van der Waals surface area contributed by atoms with E-state index >= 15 is 0 Å². The van der Waals surface area contributed by atoms with Gasteiger partial charge >= 0.3 is 0 Å². The molecule has 2 aliphatic heterocycles. The van der Waals surface area contributed by atoms with Crippen molar-refractivity contribution in [3.63, 3.8) is 0 Å². The SMILES string of the molecule is CC(C)C(=O)CN1CCC(N2CCCC2)C1. The topological polar surface area (TPSA) is 23.6 Å². The first-order valence-electron chi connectivity index (χ1n) is 6.66. The van der Waals surface area contributed by atoms with Crippen LogP contribution in [0.4, 0.5) is 0 Å². The van der Waals surface area contributed by atoms with Crippen LogP contribution < -0.4 is 0 Å². The van der Waals surface area contributed by atoms with Crippen molar-refractivity contribution in [3.8, 4) is 0 Å². The Labute approximate surface area is 98.8 Å². The van der Waals surface area contributed by atoms with Crippen LogP contribution in [0.1, 0.15) is 33.1 Å².